The zero-order valence-corrected chi connectivity index (χ0v) is 33.0. The molecule has 8 heteroatoms. The summed E-state index contributed by atoms with van der Waals surface area (Å²) in [6.45, 7) is 12.0. The molecular formula is C45H55NO6Si. The highest BCUT2D eigenvalue weighted by Crippen LogP contribution is 2.37. The van der Waals surface area contributed by atoms with Gasteiger partial charge in [-0.25, -0.2) is 0 Å². The number of carbonyl (C=O) groups is 4. The predicted octanol–water partition coefficient (Wildman–Crippen LogP) is 7.25. The van der Waals surface area contributed by atoms with E-state index in [0.29, 0.717) is 12.8 Å². The first-order valence-corrected chi connectivity index (χ1v) is 20.5. The number of hydrogen-bond acceptors (Lipinski definition) is 6. The molecule has 0 aromatic heterocycles. The van der Waals surface area contributed by atoms with Crippen molar-refractivity contribution in [3.8, 4) is 0 Å². The number of rotatable bonds is 19. The first kappa shape index (κ1) is 41.1. The summed E-state index contributed by atoms with van der Waals surface area (Å²) in [6, 6.07) is 38.4. The Hall–Kier alpha value is -4.66. The number of ether oxygens (including phenoxy) is 1. The van der Waals surface area contributed by atoms with E-state index < -0.39 is 38.1 Å². The van der Waals surface area contributed by atoms with Crippen molar-refractivity contribution >= 4 is 42.1 Å². The second-order valence-electron chi connectivity index (χ2n) is 15.4. The van der Waals surface area contributed by atoms with Crippen LogP contribution in [-0.4, -0.2) is 44.4 Å². The number of ketones is 2. The fourth-order valence-corrected chi connectivity index (χ4v) is 11.6. The van der Waals surface area contributed by atoms with E-state index in [2.05, 4.69) is 50.4 Å². The minimum Gasteiger partial charge on any atom is -0.461 e. The Balaban J connectivity index is 1.58. The number of nitrogens with one attached hydrogen (secondary N) is 1. The summed E-state index contributed by atoms with van der Waals surface area (Å²) in [7, 11) is -3.01. The summed E-state index contributed by atoms with van der Waals surface area (Å²) in [5.74, 6) is -2.77. The maximum absolute atomic E-state index is 14.2. The Labute approximate surface area is 316 Å². The van der Waals surface area contributed by atoms with Gasteiger partial charge in [0.1, 0.15) is 12.4 Å². The summed E-state index contributed by atoms with van der Waals surface area (Å²) >= 11 is 0. The average molecular weight is 734 g/mol. The fraction of sp³-hybridized carbons (Fsp3) is 0.378. The highest BCUT2D eigenvalue weighted by atomic mass is 28.4. The van der Waals surface area contributed by atoms with Crippen LogP contribution in [0.3, 0.4) is 0 Å². The summed E-state index contributed by atoms with van der Waals surface area (Å²) in [6.07, 6.45) is 0.567. The SMILES string of the molecule is CC(=O)C[C@@H](CO[Si](c1ccccc1)(c1ccccc1)C(C)(C)C)C(=O)N[C@@H](CC(C)C)C(=O)C[C@@H](Cc1ccccc1)C(=O)OCc1ccccc1. The first-order chi connectivity index (χ1) is 25.3. The molecule has 0 bridgehead atoms. The van der Waals surface area contributed by atoms with Crippen LogP contribution in [0.2, 0.25) is 5.04 Å². The third-order valence-electron chi connectivity index (χ3n) is 9.56. The van der Waals surface area contributed by atoms with Crippen LogP contribution in [-0.2, 0) is 41.4 Å². The van der Waals surface area contributed by atoms with E-state index in [1.54, 1.807) is 0 Å². The Morgan fingerprint density at radius 1 is 0.679 bits per heavy atom. The smallest absolute Gasteiger partial charge is 0.310 e. The number of hydrogen-bond donors (Lipinski definition) is 1. The highest BCUT2D eigenvalue weighted by molar-refractivity contribution is 6.99. The Bertz CT molecular complexity index is 1720. The lowest BCUT2D eigenvalue weighted by molar-refractivity contribution is -0.151. The minimum absolute atomic E-state index is 0.00370. The average Bonchev–Trinajstić information content (AvgIpc) is 3.13. The van der Waals surface area contributed by atoms with Gasteiger partial charge in [0.25, 0.3) is 8.32 Å². The molecule has 0 aliphatic carbocycles. The van der Waals surface area contributed by atoms with Crippen molar-refractivity contribution in [1.29, 1.82) is 0 Å². The van der Waals surface area contributed by atoms with Gasteiger partial charge in [-0.2, -0.15) is 0 Å². The maximum Gasteiger partial charge on any atom is 0.310 e. The fourth-order valence-electron chi connectivity index (χ4n) is 6.96. The third kappa shape index (κ3) is 11.7. The van der Waals surface area contributed by atoms with Gasteiger partial charge in [0, 0.05) is 19.4 Å². The molecule has 0 radical (unpaired) electrons. The van der Waals surface area contributed by atoms with Crippen molar-refractivity contribution in [3.05, 3.63) is 132 Å². The van der Waals surface area contributed by atoms with Crippen LogP contribution >= 0.6 is 0 Å². The van der Waals surface area contributed by atoms with Gasteiger partial charge in [-0.1, -0.05) is 156 Å². The molecule has 1 amide bonds. The molecule has 0 spiro atoms. The first-order valence-electron chi connectivity index (χ1n) is 18.6. The van der Waals surface area contributed by atoms with Gasteiger partial charge in [0.15, 0.2) is 5.78 Å². The van der Waals surface area contributed by atoms with Gasteiger partial charge in [0.2, 0.25) is 5.91 Å². The zero-order valence-electron chi connectivity index (χ0n) is 32.0. The van der Waals surface area contributed by atoms with Gasteiger partial charge in [0.05, 0.1) is 17.9 Å². The maximum atomic E-state index is 14.2. The zero-order chi connectivity index (χ0) is 38.4. The lowest BCUT2D eigenvalue weighted by Gasteiger charge is -2.43. The monoisotopic (exact) mass is 733 g/mol. The van der Waals surface area contributed by atoms with Gasteiger partial charge in [-0.3, -0.25) is 14.4 Å². The molecule has 0 aliphatic heterocycles. The number of benzene rings is 4. The summed E-state index contributed by atoms with van der Waals surface area (Å²) in [5, 5.41) is 4.82. The number of carbonyl (C=O) groups excluding carboxylic acids is 4. The summed E-state index contributed by atoms with van der Waals surface area (Å²) in [5.41, 5.74) is 1.76. The Morgan fingerprint density at radius 3 is 1.64 bits per heavy atom. The molecule has 4 aromatic carbocycles. The van der Waals surface area contributed by atoms with Crippen LogP contribution < -0.4 is 15.7 Å². The summed E-state index contributed by atoms with van der Waals surface area (Å²) < 4.78 is 12.8. The van der Waals surface area contributed by atoms with Crippen LogP contribution in [0, 0.1) is 17.8 Å². The van der Waals surface area contributed by atoms with E-state index in [4.69, 9.17) is 9.16 Å². The highest BCUT2D eigenvalue weighted by Gasteiger charge is 2.50. The lowest BCUT2D eigenvalue weighted by atomic mass is 9.89. The molecule has 0 heterocycles. The van der Waals surface area contributed by atoms with Gasteiger partial charge >= 0.3 is 5.97 Å². The molecule has 1 N–H and O–H groups in total. The summed E-state index contributed by atoms with van der Waals surface area (Å²) in [4.78, 5) is 54.5. The molecule has 0 aliphatic rings. The van der Waals surface area contributed by atoms with Crippen molar-refractivity contribution < 1.29 is 28.3 Å². The van der Waals surface area contributed by atoms with Crippen molar-refractivity contribution in [2.45, 2.75) is 84.9 Å². The van der Waals surface area contributed by atoms with Crippen molar-refractivity contribution in [2.24, 2.45) is 17.8 Å². The normalized spacial score (nSPS) is 13.5. The largest absolute Gasteiger partial charge is 0.461 e. The number of amides is 1. The van der Waals surface area contributed by atoms with E-state index in [1.807, 2.05) is 111 Å². The molecular weight excluding hydrogens is 679 g/mol. The number of Topliss-reactive ketones (excluding diaryl/α,β-unsaturated/α-hetero) is 2. The van der Waals surface area contributed by atoms with Crippen molar-refractivity contribution in [2.75, 3.05) is 6.61 Å². The van der Waals surface area contributed by atoms with Gasteiger partial charge < -0.3 is 19.3 Å². The van der Waals surface area contributed by atoms with Crippen LogP contribution in [0.4, 0.5) is 0 Å². The quantitative estimate of drug-likeness (QED) is 0.0806. The molecule has 280 valence electrons. The molecule has 0 saturated carbocycles. The Kier molecular flexibility index (Phi) is 15.1. The van der Waals surface area contributed by atoms with Crippen LogP contribution in [0.1, 0.15) is 71.9 Å². The second kappa shape index (κ2) is 19.4. The van der Waals surface area contributed by atoms with E-state index in [9.17, 15) is 19.2 Å². The standard InChI is InChI=1S/C45H55NO6Si/c1-33(2)27-41(42(48)30-37(29-35-19-11-7-12-20-35)44(50)51-31-36-21-13-8-14-22-36)46-43(49)38(28-34(3)47)32-52-53(45(4,5)6,39-23-15-9-16-24-39)40-25-17-10-18-26-40/h7-26,33,37-38,41H,27-32H2,1-6H3,(H,46,49)/t37-,38+,41+/m1/s1. The van der Waals surface area contributed by atoms with E-state index >= 15 is 0 Å². The molecule has 7 nitrogen and oxygen atoms in total. The predicted molar refractivity (Wildman–Crippen MR) is 213 cm³/mol. The molecule has 3 atom stereocenters. The topological polar surface area (TPSA) is 98.8 Å². The lowest BCUT2D eigenvalue weighted by Crippen LogP contribution is -2.67. The van der Waals surface area contributed by atoms with Crippen LogP contribution in [0.25, 0.3) is 0 Å². The van der Waals surface area contributed by atoms with Crippen molar-refractivity contribution in [3.63, 3.8) is 0 Å². The van der Waals surface area contributed by atoms with Crippen molar-refractivity contribution in [1.82, 2.24) is 5.32 Å². The van der Waals surface area contributed by atoms with Crippen LogP contribution in [0.15, 0.2) is 121 Å². The van der Waals surface area contributed by atoms with E-state index in [-0.39, 0.29) is 48.6 Å². The van der Waals surface area contributed by atoms with Gasteiger partial charge in [-0.15, -0.1) is 0 Å². The van der Waals surface area contributed by atoms with Gasteiger partial charge in [-0.05, 0) is 52.2 Å². The van der Waals surface area contributed by atoms with Crippen LogP contribution in [0.5, 0.6) is 0 Å². The Morgan fingerprint density at radius 2 is 1.17 bits per heavy atom. The van der Waals surface area contributed by atoms with E-state index in [1.165, 1.54) is 6.92 Å². The third-order valence-corrected chi connectivity index (χ3v) is 14.6. The number of esters is 1. The molecule has 0 unspecified atom stereocenters. The van der Waals surface area contributed by atoms with E-state index in [0.717, 1.165) is 21.5 Å². The molecule has 4 rings (SSSR count). The molecule has 4 aromatic rings. The second-order valence-corrected chi connectivity index (χ2v) is 19.7. The molecule has 0 saturated heterocycles. The molecule has 0 fully saturated rings. The minimum atomic E-state index is -3.01. The molecule has 53 heavy (non-hydrogen) atoms.